The van der Waals surface area contributed by atoms with Crippen molar-refractivity contribution in [3.05, 3.63) is 23.7 Å². The van der Waals surface area contributed by atoms with Gasteiger partial charge in [0.25, 0.3) is 5.91 Å². The number of hydrogen-bond acceptors (Lipinski definition) is 4. The molecule has 2 aliphatic rings. The van der Waals surface area contributed by atoms with E-state index < -0.39 is 0 Å². The van der Waals surface area contributed by atoms with E-state index in [1.54, 1.807) is 13.1 Å². The number of aliphatic imine (C=N–C) groups is 1. The Morgan fingerprint density at radius 2 is 2.12 bits per heavy atom. The van der Waals surface area contributed by atoms with Crippen LogP contribution in [-0.4, -0.2) is 50.3 Å². The van der Waals surface area contributed by atoms with E-state index in [0.717, 1.165) is 37.3 Å². The number of nitrogens with zero attached hydrogens (tertiary/aromatic N) is 1. The first kappa shape index (κ1) is 20.0. The van der Waals surface area contributed by atoms with Crippen molar-refractivity contribution in [3.63, 3.8) is 0 Å². The number of ether oxygens (including phenoxy) is 1. The van der Waals surface area contributed by atoms with Crippen molar-refractivity contribution < 1.29 is 13.9 Å². The molecule has 2 bridgehead atoms. The average molecular weight is 462 g/mol. The van der Waals surface area contributed by atoms with Gasteiger partial charge in [-0.2, -0.15) is 0 Å². The first-order chi connectivity index (χ1) is 11.7. The maximum atomic E-state index is 11.9. The van der Waals surface area contributed by atoms with Crippen LogP contribution in [0.25, 0.3) is 0 Å². The van der Waals surface area contributed by atoms with Gasteiger partial charge in [-0.1, -0.05) is 0 Å². The minimum atomic E-state index is -0.167. The number of rotatable bonds is 6. The van der Waals surface area contributed by atoms with Gasteiger partial charge >= 0.3 is 0 Å². The van der Waals surface area contributed by atoms with Crippen molar-refractivity contribution in [1.82, 2.24) is 16.0 Å². The fraction of sp³-hybridized carbons (Fsp3) is 0.647. The van der Waals surface area contributed by atoms with Gasteiger partial charge < -0.3 is 25.1 Å². The Morgan fingerprint density at radius 3 is 2.72 bits per heavy atom. The summed E-state index contributed by atoms with van der Waals surface area (Å²) in [6.07, 6.45) is 6.46. The molecular formula is C17H27IN4O3. The fourth-order valence-electron chi connectivity index (χ4n) is 3.34. The van der Waals surface area contributed by atoms with Crippen molar-refractivity contribution in [3.8, 4) is 0 Å². The first-order valence-corrected chi connectivity index (χ1v) is 8.62. The Kier molecular flexibility index (Phi) is 7.55. The van der Waals surface area contributed by atoms with Crippen molar-refractivity contribution >= 4 is 35.8 Å². The van der Waals surface area contributed by atoms with Crippen LogP contribution >= 0.6 is 24.0 Å². The Labute approximate surface area is 165 Å². The summed E-state index contributed by atoms with van der Waals surface area (Å²) in [6, 6.07) is 2.14. The molecule has 1 amide bonds. The Bertz CT molecular complexity index is 604. The van der Waals surface area contributed by atoms with Gasteiger partial charge in [-0.3, -0.25) is 9.79 Å². The molecule has 7 nitrogen and oxygen atoms in total. The van der Waals surface area contributed by atoms with Crippen LogP contribution in [0.15, 0.2) is 21.7 Å². The molecule has 0 aliphatic carbocycles. The van der Waals surface area contributed by atoms with Crippen LogP contribution in [0.1, 0.15) is 41.8 Å². The Morgan fingerprint density at radius 1 is 1.32 bits per heavy atom. The van der Waals surface area contributed by atoms with Crippen molar-refractivity contribution in [2.45, 2.75) is 50.9 Å². The summed E-state index contributed by atoms with van der Waals surface area (Å²) < 4.78 is 11.0. The maximum Gasteiger partial charge on any atom is 0.287 e. The van der Waals surface area contributed by atoms with E-state index in [9.17, 15) is 4.79 Å². The van der Waals surface area contributed by atoms with Gasteiger partial charge in [-0.05, 0) is 38.7 Å². The third-order valence-corrected chi connectivity index (χ3v) is 4.65. The standard InChI is InChI=1S/C17H26N4O3.HI/c1-11-6-9-23-15(11)16(22)19-7-3-8-20-17(18-2)21-13-10-12-4-5-14(13)24-12;/h6,9,12-14H,3-5,7-8,10H2,1-2H3,(H,19,22)(H2,18,20,21);1H. The highest BCUT2D eigenvalue weighted by Crippen LogP contribution is 2.34. The summed E-state index contributed by atoms with van der Waals surface area (Å²) in [7, 11) is 1.77. The van der Waals surface area contributed by atoms with Gasteiger partial charge in [0.15, 0.2) is 11.7 Å². The second-order valence-corrected chi connectivity index (χ2v) is 6.40. The smallest absolute Gasteiger partial charge is 0.287 e. The molecule has 0 saturated carbocycles. The van der Waals surface area contributed by atoms with Crippen LogP contribution in [0.2, 0.25) is 0 Å². The number of nitrogens with one attached hydrogen (secondary N) is 3. The zero-order valence-electron chi connectivity index (χ0n) is 14.7. The minimum Gasteiger partial charge on any atom is -0.459 e. The summed E-state index contributed by atoms with van der Waals surface area (Å²) in [5, 5.41) is 9.58. The number of carbonyl (C=O) groups is 1. The topological polar surface area (TPSA) is 87.9 Å². The highest BCUT2D eigenvalue weighted by molar-refractivity contribution is 14.0. The van der Waals surface area contributed by atoms with E-state index in [1.807, 2.05) is 6.92 Å². The molecule has 1 aromatic rings. The zero-order chi connectivity index (χ0) is 16.9. The summed E-state index contributed by atoms with van der Waals surface area (Å²) >= 11 is 0. The normalized spacial score (nSPS) is 24.7. The van der Waals surface area contributed by atoms with Gasteiger partial charge in [0.2, 0.25) is 0 Å². The number of halogens is 1. The lowest BCUT2D eigenvalue weighted by Gasteiger charge is -2.22. The van der Waals surface area contributed by atoms with E-state index >= 15 is 0 Å². The molecule has 3 rings (SSSR count). The molecule has 2 aliphatic heterocycles. The lowest BCUT2D eigenvalue weighted by atomic mass is 9.96. The lowest BCUT2D eigenvalue weighted by Crippen LogP contribution is -2.47. The molecule has 2 fully saturated rings. The molecular weight excluding hydrogens is 435 g/mol. The van der Waals surface area contributed by atoms with Gasteiger partial charge in [0.1, 0.15) is 0 Å². The van der Waals surface area contributed by atoms with Gasteiger partial charge in [-0.15, -0.1) is 24.0 Å². The van der Waals surface area contributed by atoms with E-state index in [-0.39, 0.29) is 29.9 Å². The van der Waals surface area contributed by atoms with E-state index in [1.165, 1.54) is 12.7 Å². The molecule has 0 aromatic carbocycles. The Hall–Kier alpha value is -1.29. The van der Waals surface area contributed by atoms with E-state index in [0.29, 0.717) is 30.6 Å². The first-order valence-electron chi connectivity index (χ1n) is 8.62. The fourth-order valence-corrected chi connectivity index (χ4v) is 3.34. The van der Waals surface area contributed by atoms with Gasteiger partial charge in [0, 0.05) is 25.7 Å². The molecule has 3 N–H and O–H groups in total. The predicted octanol–water partition coefficient (Wildman–Crippen LogP) is 1.81. The van der Waals surface area contributed by atoms with Crippen molar-refractivity contribution in [2.75, 3.05) is 20.1 Å². The summed E-state index contributed by atoms with van der Waals surface area (Å²) in [5.74, 6) is 1.01. The van der Waals surface area contributed by atoms with Gasteiger partial charge in [-0.25, -0.2) is 0 Å². The van der Waals surface area contributed by atoms with E-state index in [4.69, 9.17) is 9.15 Å². The third kappa shape index (κ3) is 5.10. The number of fused-ring (bicyclic) bond motifs is 2. The number of furan rings is 1. The summed E-state index contributed by atoms with van der Waals surface area (Å²) in [4.78, 5) is 16.2. The second kappa shape index (κ2) is 9.42. The average Bonchev–Trinajstić information content (AvgIpc) is 3.29. The molecule has 0 spiro atoms. The molecule has 8 heteroatoms. The SMILES string of the molecule is CN=C(NCCCNC(=O)c1occc1C)NC1CC2CCC1O2.I. The molecule has 140 valence electrons. The third-order valence-electron chi connectivity index (χ3n) is 4.65. The molecule has 1 aromatic heterocycles. The highest BCUT2D eigenvalue weighted by Gasteiger charge is 2.41. The van der Waals surface area contributed by atoms with Gasteiger partial charge in [0.05, 0.1) is 24.5 Å². The molecule has 2 saturated heterocycles. The molecule has 3 heterocycles. The molecule has 3 atom stereocenters. The number of amides is 1. The minimum absolute atomic E-state index is 0. The number of aryl methyl sites for hydroxylation is 1. The van der Waals surface area contributed by atoms with Crippen LogP contribution in [0.3, 0.4) is 0 Å². The molecule has 0 radical (unpaired) electrons. The monoisotopic (exact) mass is 462 g/mol. The summed E-state index contributed by atoms with van der Waals surface area (Å²) in [5.41, 5.74) is 0.850. The maximum absolute atomic E-state index is 11.9. The second-order valence-electron chi connectivity index (χ2n) is 6.40. The van der Waals surface area contributed by atoms with Crippen molar-refractivity contribution in [1.29, 1.82) is 0 Å². The quantitative estimate of drug-likeness (QED) is 0.260. The number of hydrogen-bond donors (Lipinski definition) is 3. The molecule has 25 heavy (non-hydrogen) atoms. The van der Waals surface area contributed by atoms with Crippen LogP contribution in [0, 0.1) is 6.92 Å². The van der Waals surface area contributed by atoms with Crippen LogP contribution in [0.4, 0.5) is 0 Å². The highest BCUT2D eigenvalue weighted by atomic mass is 127. The Balaban J connectivity index is 0.00000225. The zero-order valence-corrected chi connectivity index (χ0v) is 17.0. The number of carbonyl (C=O) groups excluding carboxylic acids is 1. The summed E-state index contributed by atoms with van der Waals surface area (Å²) in [6.45, 7) is 3.17. The van der Waals surface area contributed by atoms with Crippen LogP contribution in [0.5, 0.6) is 0 Å². The van der Waals surface area contributed by atoms with Crippen LogP contribution < -0.4 is 16.0 Å². The molecule has 3 unspecified atom stereocenters. The predicted molar refractivity (Wildman–Crippen MR) is 107 cm³/mol. The lowest BCUT2D eigenvalue weighted by molar-refractivity contribution is 0.0924. The van der Waals surface area contributed by atoms with Crippen molar-refractivity contribution in [2.24, 2.45) is 4.99 Å². The number of guanidine groups is 1. The van der Waals surface area contributed by atoms with Crippen LogP contribution in [-0.2, 0) is 4.74 Å². The largest absolute Gasteiger partial charge is 0.459 e. The van der Waals surface area contributed by atoms with E-state index in [2.05, 4.69) is 20.9 Å².